The van der Waals surface area contributed by atoms with Gasteiger partial charge in [-0.05, 0) is 93.7 Å². The number of amides is 1. The van der Waals surface area contributed by atoms with E-state index in [1.165, 1.54) is 48.9 Å². The summed E-state index contributed by atoms with van der Waals surface area (Å²) in [5.74, 6) is 2.36. The predicted octanol–water partition coefficient (Wildman–Crippen LogP) is 3.43. The highest BCUT2D eigenvalue weighted by Gasteiger charge is 2.50. The molecule has 6 rings (SSSR count). The van der Waals surface area contributed by atoms with Crippen molar-refractivity contribution in [2.75, 3.05) is 19.6 Å². The topological polar surface area (TPSA) is 75.7 Å². The van der Waals surface area contributed by atoms with Crippen LogP contribution in [0.5, 0.6) is 0 Å². The van der Waals surface area contributed by atoms with Gasteiger partial charge in [0.05, 0.1) is 17.1 Å². The summed E-state index contributed by atoms with van der Waals surface area (Å²) in [6.07, 6.45) is 7.56. The second kappa shape index (κ2) is 7.85. The molecule has 0 radical (unpaired) electrons. The molecule has 5 aliphatic rings. The molecular formula is C24H34N2O4S. The largest absolute Gasteiger partial charge is 0.373 e. The first-order valence-electron chi connectivity index (χ1n) is 11.8. The Labute approximate surface area is 185 Å². The SMILES string of the molecule is CC1CN(S(=O)(=O)c2cccc(C(=O)NCC34CC5CC(CC(C5)C3)C4)c2)CC(C)O1. The second-order valence-electron chi connectivity index (χ2n) is 10.7. The Morgan fingerprint density at radius 3 is 2.23 bits per heavy atom. The first kappa shape index (κ1) is 21.4. The maximum Gasteiger partial charge on any atom is 0.251 e. The van der Waals surface area contributed by atoms with E-state index in [4.69, 9.17) is 4.74 Å². The van der Waals surface area contributed by atoms with Crippen LogP contribution in [0.25, 0.3) is 0 Å². The highest BCUT2D eigenvalue weighted by atomic mass is 32.2. The van der Waals surface area contributed by atoms with Crippen molar-refractivity contribution in [2.45, 2.75) is 69.5 Å². The molecule has 1 aliphatic heterocycles. The molecule has 6 nitrogen and oxygen atoms in total. The van der Waals surface area contributed by atoms with E-state index in [0.717, 1.165) is 17.8 Å². The Kier molecular flexibility index (Phi) is 5.42. The van der Waals surface area contributed by atoms with Crippen molar-refractivity contribution < 1.29 is 17.9 Å². The number of rotatable bonds is 5. The number of sulfonamides is 1. The Balaban J connectivity index is 1.28. The summed E-state index contributed by atoms with van der Waals surface area (Å²) < 4.78 is 33.5. The first-order valence-corrected chi connectivity index (χ1v) is 13.2. The van der Waals surface area contributed by atoms with Gasteiger partial charge in [-0.2, -0.15) is 4.31 Å². The highest BCUT2D eigenvalue weighted by molar-refractivity contribution is 7.89. The van der Waals surface area contributed by atoms with Crippen LogP contribution in [-0.2, 0) is 14.8 Å². The van der Waals surface area contributed by atoms with E-state index >= 15 is 0 Å². The van der Waals surface area contributed by atoms with Gasteiger partial charge in [0, 0.05) is 25.2 Å². The van der Waals surface area contributed by atoms with Gasteiger partial charge in [-0.25, -0.2) is 8.42 Å². The number of carbonyl (C=O) groups excluding carboxylic acids is 1. The Bertz CT molecular complexity index is 915. The molecule has 1 saturated heterocycles. The summed E-state index contributed by atoms with van der Waals surface area (Å²) in [6.45, 7) is 5.13. The molecule has 5 fully saturated rings. The third kappa shape index (κ3) is 4.16. The molecule has 0 aromatic heterocycles. The average Bonchev–Trinajstić information content (AvgIpc) is 2.70. The lowest BCUT2D eigenvalue weighted by atomic mass is 9.49. The smallest absolute Gasteiger partial charge is 0.251 e. The molecule has 1 aromatic carbocycles. The van der Waals surface area contributed by atoms with Gasteiger partial charge in [-0.1, -0.05) is 6.07 Å². The average molecular weight is 447 g/mol. The number of ether oxygens (including phenoxy) is 1. The van der Waals surface area contributed by atoms with Crippen LogP contribution in [0.4, 0.5) is 0 Å². The van der Waals surface area contributed by atoms with Gasteiger partial charge in [0.1, 0.15) is 0 Å². The Morgan fingerprint density at radius 1 is 1.06 bits per heavy atom. The monoisotopic (exact) mass is 446 g/mol. The van der Waals surface area contributed by atoms with Gasteiger partial charge in [0.2, 0.25) is 10.0 Å². The van der Waals surface area contributed by atoms with Crippen molar-refractivity contribution >= 4 is 15.9 Å². The van der Waals surface area contributed by atoms with Gasteiger partial charge < -0.3 is 10.1 Å². The van der Waals surface area contributed by atoms with Crippen LogP contribution in [-0.4, -0.2) is 50.5 Å². The fourth-order valence-electron chi connectivity index (χ4n) is 7.15. The molecular weight excluding hydrogens is 412 g/mol. The highest BCUT2D eigenvalue weighted by Crippen LogP contribution is 2.59. The van der Waals surface area contributed by atoms with Crippen molar-refractivity contribution in [3.05, 3.63) is 29.8 Å². The summed E-state index contributed by atoms with van der Waals surface area (Å²) in [5, 5.41) is 3.16. The van der Waals surface area contributed by atoms with Crippen LogP contribution in [0.3, 0.4) is 0 Å². The zero-order valence-electron chi connectivity index (χ0n) is 18.5. The fourth-order valence-corrected chi connectivity index (χ4v) is 8.79. The molecule has 4 aliphatic carbocycles. The van der Waals surface area contributed by atoms with Crippen molar-refractivity contribution in [1.82, 2.24) is 9.62 Å². The third-order valence-corrected chi connectivity index (χ3v) is 9.74. The number of nitrogens with zero attached hydrogens (tertiary/aromatic N) is 1. The standard InChI is InChI=1S/C24H34N2O4S/c1-16-13-26(14-17(2)30-16)31(28,29)22-5-3-4-21(9-22)23(27)25-15-24-10-18-6-19(11-24)8-20(7-18)12-24/h3-5,9,16-20H,6-8,10-15H2,1-2H3,(H,25,27). The zero-order valence-corrected chi connectivity index (χ0v) is 19.4. The summed E-state index contributed by atoms with van der Waals surface area (Å²) in [4.78, 5) is 13.1. The zero-order chi connectivity index (χ0) is 21.8. The fraction of sp³-hybridized carbons (Fsp3) is 0.708. The van der Waals surface area contributed by atoms with E-state index in [9.17, 15) is 13.2 Å². The van der Waals surface area contributed by atoms with Crippen LogP contribution in [0.2, 0.25) is 0 Å². The first-order chi connectivity index (χ1) is 14.7. The molecule has 170 valence electrons. The van der Waals surface area contributed by atoms with E-state index in [2.05, 4.69) is 5.32 Å². The minimum absolute atomic E-state index is 0.148. The minimum atomic E-state index is -3.66. The van der Waals surface area contributed by atoms with Gasteiger partial charge in [0.15, 0.2) is 0 Å². The van der Waals surface area contributed by atoms with Crippen molar-refractivity contribution in [2.24, 2.45) is 23.2 Å². The van der Waals surface area contributed by atoms with E-state index in [1.54, 1.807) is 18.2 Å². The lowest BCUT2D eigenvalue weighted by molar-refractivity contribution is -0.0503. The third-order valence-electron chi connectivity index (χ3n) is 7.91. The Morgan fingerprint density at radius 2 is 1.65 bits per heavy atom. The number of hydrogen-bond donors (Lipinski definition) is 1. The van der Waals surface area contributed by atoms with Crippen molar-refractivity contribution in [3.63, 3.8) is 0 Å². The van der Waals surface area contributed by atoms with Crippen LogP contribution < -0.4 is 5.32 Å². The van der Waals surface area contributed by atoms with E-state index in [0.29, 0.717) is 25.2 Å². The Hall–Kier alpha value is -1.44. The molecule has 1 aromatic rings. The van der Waals surface area contributed by atoms with E-state index in [1.807, 2.05) is 13.8 Å². The molecule has 1 N–H and O–H groups in total. The lowest BCUT2D eigenvalue weighted by Crippen LogP contribution is -2.51. The number of hydrogen-bond acceptors (Lipinski definition) is 4. The maximum atomic E-state index is 13.2. The molecule has 2 unspecified atom stereocenters. The molecule has 4 bridgehead atoms. The molecule has 4 saturated carbocycles. The van der Waals surface area contributed by atoms with Crippen molar-refractivity contribution in [3.8, 4) is 0 Å². The molecule has 0 spiro atoms. The number of morpholine rings is 1. The van der Waals surface area contributed by atoms with E-state index < -0.39 is 10.0 Å². The minimum Gasteiger partial charge on any atom is -0.373 e. The van der Waals surface area contributed by atoms with Gasteiger partial charge in [0.25, 0.3) is 5.91 Å². The number of carbonyl (C=O) groups is 1. The van der Waals surface area contributed by atoms with Crippen molar-refractivity contribution in [1.29, 1.82) is 0 Å². The van der Waals surface area contributed by atoms with Gasteiger partial charge >= 0.3 is 0 Å². The van der Waals surface area contributed by atoms with Crippen LogP contribution in [0.15, 0.2) is 29.2 Å². The van der Waals surface area contributed by atoms with Gasteiger partial charge in [-0.3, -0.25) is 4.79 Å². The lowest BCUT2D eigenvalue weighted by Gasteiger charge is -2.56. The second-order valence-corrected chi connectivity index (χ2v) is 12.6. The van der Waals surface area contributed by atoms with Crippen LogP contribution in [0.1, 0.15) is 62.7 Å². The number of nitrogens with one attached hydrogen (secondary N) is 1. The summed E-state index contributed by atoms with van der Waals surface area (Å²) in [5.41, 5.74) is 0.675. The normalized spacial score (nSPS) is 37.7. The molecule has 1 heterocycles. The summed E-state index contributed by atoms with van der Waals surface area (Å²) in [7, 11) is -3.66. The molecule has 31 heavy (non-hydrogen) atoms. The quantitative estimate of drug-likeness (QED) is 0.752. The maximum absolute atomic E-state index is 13.2. The van der Waals surface area contributed by atoms with Crippen LogP contribution >= 0.6 is 0 Å². The summed E-state index contributed by atoms with van der Waals surface area (Å²) >= 11 is 0. The number of benzene rings is 1. The molecule has 1 amide bonds. The van der Waals surface area contributed by atoms with E-state index in [-0.39, 0.29) is 28.4 Å². The van der Waals surface area contributed by atoms with Crippen LogP contribution in [0, 0.1) is 23.2 Å². The van der Waals surface area contributed by atoms with Gasteiger partial charge in [-0.15, -0.1) is 0 Å². The predicted molar refractivity (Wildman–Crippen MR) is 118 cm³/mol. The summed E-state index contributed by atoms with van der Waals surface area (Å²) in [6, 6.07) is 6.48. The molecule has 2 atom stereocenters. The molecule has 7 heteroatoms.